The Morgan fingerprint density at radius 3 is 2.27 bits per heavy atom. The van der Waals surface area contributed by atoms with E-state index in [1.54, 1.807) is 36.3 Å². The van der Waals surface area contributed by atoms with Crippen LogP contribution in [0.25, 0.3) is 23.0 Å². The molecular weight excluding hydrogens is 527 g/mol. The molecule has 2 aromatic carbocycles. The predicted molar refractivity (Wildman–Crippen MR) is 139 cm³/mol. The molecule has 4 aromatic rings. The minimum atomic E-state index is -4.37. The van der Waals surface area contributed by atoms with E-state index in [1.807, 2.05) is 24.3 Å². The molecule has 208 valence electrons. The molecule has 2 aromatic heterocycles. The highest BCUT2D eigenvalue weighted by atomic mass is 19.4. The fraction of sp³-hybridized carbons (Fsp3) is 0.286. The Morgan fingerprint density at radius 1 is 0.950 bits per heavy atom. The Labute approximate surface area is 228 Å². The summed E-state index contributed by atoms with van der Waals surface area (Å²) in [6, 6.07) is 17.2. The van der Waals surface area contributed by atoms with Gasteiger partial charge in [-0.2, -0.15) is 18.2 Å². The van der Waals surface area contributed by atoms with Gasteiger partial charge < -0.3 is 18.9 Å². The number of carbonyl (C=O) groups is 1. The highest BCUT2D eigenvalue weighted by Gasteiger charge is 2.28. The van der Waals surface area contributed by atoms with Gasteiger partial charge in [-0.1, -0.05) is 17.3 Å². The summed E-state index contributed by atoms with van der Waals surface area (Å²) in [5.41, 5.74) is 2.65. The zero-order chi connectivity index (χ0) is 28.1. The summed E-state index contributed by atoms with van der Waals surface area (Å²) in [5, 5.41) is 4.01. The molecule has 3 heterocycles. The van der Waals surface area contributed by atoms with Crippen molar-refractivity contribution < 1.29 is 32.0 Å². The van der Waals surface area contributed by atoms with E-state index in [1.165, 1.54) is 18.3 Å². The molecule has 0 spiro atoms. The van der Waals surface area contributed by atoms with E-state index in [4.69, 9.17) is 14.0 Å². The minimum Gasteiger partial charge on any atom is -0.497 e. The highest BCUT2D eigenvalue weighted by molar-refractivity contribution is 5.94. The van der Waals surface area contributed by atoms with E-state index in [9.17, 15) is 18.0 Å². The van der Waals surface area contributed by atoms with E-state index in [2.05, 4.69) is 20.0 Å². The monoisotopic (exact) mass is 553 g/mol. The van der Waals surface area contributed by atoms with Crippen LogP contribution in [0.4, 0.5) is 13.2 Å². The van der Waals surface area contributed by atoms with Crippen molar-refractivity contribution in [2.75, 3.05) is 39.9 Å². The first-order valence-corrected chi connectivity index (χ1v) is 12.5. The molecule has 0 bridgehead atoms. The van der Waals surface area contributed by atoms with Gasteiger partial charge in [0, 0.05) is 44.5 Å². The molecule has 5 rings (SSSR count). The lowest BCUT2D eigenvalue weighted by atomic mass is 10.1. The first-order chi connectivity index (χ1) is 19.3. The second-order valence-electron chi connectivity index (χ2n) is 9.20. The van der Waals surface area contributed by atoms with Gasteiger partial charge in [-0.05, 0) is 54.1 Å². The number of hydrogen-bond acceptors (Lipinski definition) is 8. The van der Waals surface area contributed by atoms with Gasteiger partial charge in [0.25, 0.3) is 11.8 Å². The number of piperazine rings is 1. The van der Waals surface area contributed by atoms with E-state index < -0.39 is 12.8 Å². The Kier molecular flexibility index (Phi) is 7.96. The number of amides is 1. The van der Waals surface area contributed by atoms with Crippen LogP contribution in [0.1, 0.15) is 15.9 Å². The van der Waals surface area contributed by atoms with E-state index in [0.29, 0.717) is 49.8 Å². The lowest BCUT2D eigenvalue weighted by molar-refractivity contribution is -0.153. The fourth-order valence-electron chi connectivity index (χ4n) is 4.24. The standard InChI is InChI=1S/C28H26F3N5O4/c1-38-22-9-4-20(5-10-22)25-33-26(40-34-25)24-11-6-21(16-32-24)27(37)36-14-12-35(13-15-36)17-19-2-7-23(8-3-19)39-18-28(29,30)31/h2-11,16H,12-15,17-18H2,1H3. The van der Waals surface area contributed by atoms with Crippen molar-refractivity contribution in [2.24, 2.45) is 0 Å². The zero-order valence-corrected chi connectivity index (χ0v) is 21.6. The number of benzene rings is 2. The molecule has 1 amide bonds. The van der Waals surface area contributed by atoms with Crippen LogP contribution in [-0.4, -0.2) is 76.9 Å². The summed E-state index contributed by atoms with van der Waals surface area (Å²) >= 11 is 0. The van der Waals surface area contributed by atoms with Crippen LogP contribution in [0, 0.1) is 0 Å². The SMILES string of the molecule is COc1ccc(-c2noc(-c3ccc(C(=O)N4CCN(Cc5ccc(OCC(F)(F)F)cc5)CC4)cn3)n2)cc1. The first kappa shape index (κ1) is 27.1. The molecule has 40 heavy (non-hydrogen) atoms. The summed E-state index contributed by atoms with van der Waals surface area (Å²) in [4.78, 5) is 25.8. The molecule has 1 saturated heterocycles. The number of halogens is 3. The van der Waals surface area contributed by atoms with Crippen molar-refractivity contribution in [1.82, 2.24) is 24.9 Å². The molecule has 1 aliphatic rings. The Hall–Kier alpha value is -4.45. The number of methoxy groups -OCH3 is 1. The third-order valence-corrected chi connectivity index (χ3v) is 6.40. The Balaban J connectivity index is 1.12. The molecule has 0 radical (unpaired) electrons. The van der Waals surface area contributed by atoms with Crippen LogP contribution >= 0.6 is 0 Å². The number of aromatic nitrogens is 3. The lowest BCUT2D eigenvalue weighted by Gasteiger charge is -2.34. The normalized spacial score (nSPS) is 14.2. The van der Waals surface area contributed by atoms with Gasteiger partial charge >= 0.3 is 6.18 Å². The summed E-state index contributed by atoms with van der Waals surface area (Å²) in [5.74, 6) is 1.45. The van der Waals surface area contributed by atoms with Gasteiger partial charge in [0.1, 0.15) is 17.2 Å². The molecule has 0 unspecified atom stereocenters. The van der Waals surface area contributed by atoms with Crippen LogP contribution < -0.4 is 9.47 Å². The summed E-state index contributed by atoms with van der Waals surface area (Å²) in [7, 11) is 1.59. The number of rotatable bonds is 8. The zero-order valence-electron chi connectivity index (χ0n) is 21.6. The van der Waals surface area contributed by atoms with E-state index in [-0.39, 0.29) is 17.5 Å². The van der Waals surface area contributed by atoms with Crippen molar-refractivity contribution in [3.05, 3.63) is 78.0 Å². The number of alkyl halides is 3. The lowest BCUT2D eigenvalue weighted by Crippen LogP contribution is -2.48. The number of ether oxygens (including phenoxy) is 2. The van der Waals surface area contributed by atoms with Crippen LogP contribution in [-0.2, 0) is 6.54 Å². The molecule has 1 aliphatic heterocycles. The van der Waals surface area contributed by atoms with Gasteiger partial charge in [-0.3, -0.25) is 14.7 Å². The largest absolute Gasteiger partial charge is 0.497 e. The molecular formula is C28H26F3N5O4. The molecule has 0 aliphatic carbocycles. The third-order valence-electron chi connectivity index (χ3n) is 6.40. The van der Waals surface area contributed by atoms with Gasteiger partial charge in [0.2, 0.25) is 5.82 Å². The number of pyridine rings is 1. The quantitative estimate of drug-likeness (QED) is 0.310. The molecule has 1 fully saturated rings. The van der Waals surface area contributed by atoms with E-state index in [0.717, 1.165) is 16.9 Å². The third kappa shape index (κ3) is 6.75. The molecule has 0 atom stereocenters. The van der Waals surface area contributed by atoms with Gasteiger partial charge in [-0.25, -0.2) is 0 Å². The summed E-state index contributed by atoms with van der Waals surface area (Å²) in [6.07, 6.45) is -2.87. The number of hydrogen-bond donors (Lipinski definition) is 0. The predicted octanol–water partition coefficient (Wildman–Crippen LogP) is 4.71. The molecule has 0 N–H and O–H groups in total. The fourth-order valence-corrected chi connectivity index (χ4v) is 4.24. The molecule has 12 heteroatoms. The summed E-state index contributed by atoms with van der Waals surface area (Å²) in [6.45, 7) is 1.73. The van der Waals surface area contributed by atoms with Crippen LogP contribution in [0.3, 0.4) is 0 Å². The van der Waals surface area contributed by atoms with Crippen LogP contribution in [0.15, 0.2) is 71.4 Å². The number of carbonyl (C=O) groups excluding carboxylic acids is 1. The smallest absolute Gasteiger partial charge is 0.422 e. The van der Waals surface area contributed by atoms with Crippen LogP contribution in [0.5, 0.6) is 11.5 Å². The van der Waals surface area contributed by atoms with Crippen molar-refractivity contribution in [1.29, 1.82) is 0 Å². The minimum absolute atomic E-state index is 0.116. The van der Waals surface area contributed by atoms with Crippen molar-refractivity contribution >= 4 is 5.91 Å². The second kappa shape index (κ2) is 11.7. The van der Waals surface area contributed by atoms with Crippen molar-refractivity contribution in [3.63, 3.8) is 0 Å². The van der Waals surface area contributed by atoms with E-state index >= 15 is 0 Å². The maximum Gasteiger partial charge on any atom is 0.422 e. The topological polar surface area (TPSA) is 93.8 Å². The van der Waals surface area contributed by atoms with Crippen LogP contribution in [0.2, 0.25) is 0 Å². The van der Waals surface area contributed by atoms with Gasteiger partial charge in [-0.15, -0.1) is 0 Å². The van der Waals surface area contributed by atoms with Gasteiger partial charge in [0.15, 0.2) is 6.61 Å². The molecule has 0 saturated carbocycles. The maximum absolute atomic E-state index is 13.0. The summed E-state index contributed by atoms with van der Waals surface area (Å²) < 4.78 is 52.2. The van der Waals surface area contributed by atoms with Crippen molar-refractivity contribution in [3.8, 4) is 34.5 Å². The first-order valence-electron chi connectivity index (χ1n) is 12.5. The Morgan fingerprint density at radius 2 is 1.65 bits per heavy atom. The average molecular weight is 554 g/mol. The highest BCUT2D eigenvalue weighted by Crippen LogP contribution is 2.24. The number of nitrogens with zero attached hydrogens (tertiary/aromatic N) is 5. The average Bonchev–Trinajstić information content (AvgIpc) is 3.47. The van der Waals surface area contributed by atoms with Gasteiger partial charge in [0.05, 0.1) is 12.7 Å². The second-order valence-corrected chi connectivity index (χ2v) is 9.20. The van der Waals surface area contributed by atoms with Crippen molar-refractivity contribution in [2.45, 2.75) is 12.7 Å². The maximum atomic E-state index is 13.0. The Bertz CT molecular complexity index is 1420. The molecule has 9 nitrogen and oxygen atoms in total.